The van der Waals surface area contributed by atoms with Crippen LogP contribution in [0.1, 0.15) is 15.9 Å². The highest BCUT2D eigenvalue weighted by Gasteiger charge is 2.18. The van der Waals surface area contributed by atoms with Gasteiger partial charge in [-0.15, -0.1) is 0 Å². The summed E-state index contributed by atoms with van der Waals surface area (Å²) in [5.41, 5.74) is 0.902. The van der Waals surface area contributed by atoms with Gasteiger partial charge in [-0.3, -0.25) is 14.9 Å². The maximum atomic E-state index is 12.5. The first-order chi connectivity index (χ1) is 14.1. The van der Waals surface area contributed by atoms with Crippen LogP contribution in [0.4, 0.5) is 11.4 Å². The zero-order valence-corrected chi connectivity index (χ0v) is 15.8. The van der Waals surface area contributed by atoms with Gasteiger partial charge in [-0.1, -0.05) is 42.5 Å². The number of nitro benzene ring substituents is 1. The van der Waals surface area contributed by atoms with Crippen LogP contribution in [-0.2, 0) is 0 Å². The standard InChI is InChI=1S/C22H20N2O5/c1-28-20-9-5-6-10-21(20)29-14-13-23-18-12-11-17(15-19(18)24(26)27)22(25)16-7-3-2-4-8-16/h2-12,15,23H,13-14H2,1H3. The third-order valence-electron chi connectivity index (χ3n) is 4.24. The molecule has 0 saturated heterocycles. The first-order valence-corrected chi connectivity index (χ1v) is 8.98. The van der Waals surface area contributed by atoms with Gasteiger partial charge in [-0.25, -0.2) is 0 Å². The largest absolute Gasteiger partial charge is 0.493 e. The number of carbonyl (C=O) groups is 1. The van der Waals surface area contributed by atoms with Crippen molar-refractivity contribution < 1.29 is 19.2 Å². The first kappa shape index (κ1) is 19.9. The SMILES string of the molecule is COc1ccccc1OCCNc1ccc(C(=O)c2ccccc2)cc1[N+](=O)[O-]. The molecule has 0 heterocycles. The van der Waals surface area contributed by atoms with Crippen LogP contribution in [0.5, 0.6) is 11.5 Å². The molecular weight excluding hydrogens is 372 g/mol. The molecule has 0 aromatic heterocycles. The van der Waals surface area contributed by atoms with Crippen LogP contribution in [0.3, 0.4) is 0 Å². The van der Waals surface area contributed by atoms with Crippen LogP contribution >= 0.6 is 0 Å². The normalized spacial score (nSPS) is 10.2. The van der Waals surface area contributed by atoms with E-state index in [-0.39, 0.29) is 23.6 Å². The Bertz CT molecular complexity index is 1010. The zero-order chi connectivity index (χ0) is 20.6. The fraction of sp³-hybridized carbons (Fsp3) is 0.136. The summed E-state index contributed by atoms with van der Waals surface area (Å²) < 4.78 is 10.9. The van der Waals surface area contributed by atoms with Crippen molar-refractivity contribution in [2.75, 3.05) is 25.6 Å². The second-order valence-corrected chi connectivity index (χ2v) is 6.11. The van der Waals surface area contributed by atoms with Gasteiger partial charge in [0.1, 0.15) is 12.3 Å². The lowest BCUT2D eigenvalue weighted by Gasteiger charge is -2.12. The van der Waals surface area contributed by atoms with Crippen LogP contribution in [0.15, 0.2) is 72.8 Å². The van der Waals surface area contributed by atoms with Gasteiger partial charge in [0.15, 0.2) is 17.3 Å². The Balaban J connectivity index is 1.68. The second-order valence-electron chi connectivity index (χ2n) is 6.11. The zero-order valence-electron chi connectivity index (χ0n) is 15.8. The van der Waals surface area contributed by atoms with Gasteiger partial charge >= 0.3 is 0 Å². The monoisotopic (exact) mass is 392 g/mol. The summed E-state index contributed by atoms with van der Waals surface area (Å²) in [4.78, 5) is 23.5. The molecule has 0 aliphatic carbocycles. The lowest BCUT2D eigenvalue weighted by Crippen LogP contribution is -2.13. The minimum atomic E-state index is -0.509. The van der Waals surface area contributed by atoms with Crippen molar-refractivity contribution in [1.82, 2.24) is 0 Å². The average Bonchev–Trinajstić information content (AvgIpc) is 2.77. The number of nitrogens with one attached hydrogen (secondary N) is 1. The molecule has 1 N–H and O–H groups in total. The van der Waals surface area contributed by atoms with E-state index in [4.69, 9.17) is 9.47 Å². The summed E-state index contributed by atoms with van der Waals surface area (Å²) in [5.74, 6) is 0.942. The molecule has 7 nitrogen and oxygen atoms in total. The quantitative estimate of drug-likeness (QED) is 0.252. The van der Waals surface area contributed by atoms with Crippen LogP contribution < -0.4 is 14.8 Å². The number of ether oxygens (including phenoxy) is 2. The van der Waals surface area contributed by atoms with E-state index in [0.717, 1.165) is 0 Å². The molecule has 3 aromatic rings. The number of para-hydroxylation sites is 2. The van der Waals surface area contributed by atoms with Crippen LogP contribution in [0, 0.1) is 10.1 Å². The maximum absolute atomic E-state index is 12.5. The minimum Gasteiger partial charge on any atom is -0.493 e. The third kappa shape index (κ3) is 4.90. The predicted octanol–water partition coefficient (Wildman–Crippen LogP) is 4.33. The highest BCUT2D eigenvalue weighted by Crippen LogP contribution is 2.28. The molecule has 0 aliphatic rings. The topological polar surface area (TPSA) is 90.7 Å². The maximum Gasteiger partial charge on any atom is 0.293 e. The Labute approximate surface area is 168 Å². The molecule has 0 atom stereocenters. The highest BCUT2D eigenvalue weighted by atomic mass is 16.6. The summed E-state index contributed by atoms with van der Waals surface area (Å²) in [7, 11) is 1.56. The molecule has 0 radical (unpaired) electrons. The lowest BCUT2D eigenvalue weighted by atomic mass is 10.0. The summed E-state index contributed by atoms with van der Waals surface area (Å²) in [5, 5.41) is 14.5. The third-order valence-corrected chi connectivity index (χ3v) is 4.24. The number of nitro groups is 1. The van der Waals surface area contributed by atoms with Gasteiger partial charge in [-0.2, -0.15) is 0 Å². The van der Waals surface area contributed by atoms with E-state index in [1.807, 2.05) is 12.1 Å². The van der Waals surface area contributed by atoms with Crippen molar-refractivity contribution >= 4 is 17.2 Å². The lowest BCUT2D eigenvalue weighted by molar-refractivity contribution is -0.384. The van der Waals surface area contributed by atoms with Gasteiger partial charge in [0.05, 0.1) is 12.0 Å². The summed E-state index contributed by atoms with van der Waals surface area (Å²) >= 11 is 0. The predicted molar refractivity (Wildman–Crippen MR) is 110 cm³/mol. The molecule has 3 rings (SSSR count). The minimum absolute atomic E-state index is 0.163. The van der Waals surface area contributed by atoms with Crippen molar-refractivity contribution in [1.29, 1.82) is 0 Å². The summed E-state index contributed by atoms with van der Waals surface area (Å²) in [6.45, 7) is 0.618. The van der Waals surface area contributed by atoms with E-state index in [1.54, 1.807) is 55.6 Å². The van der Waals surface area contributed by atoms with Crippen molar-refractivity contribution in [2.24, 2.45) is 0 Å². The number of hydrogen-bond donors (Lipinski definition) is 1. The molecule has 0 fully saturated rings. The Morgan fingerprint density at radius 2 is 1.66 bits per heavy atom. The van der Waals surface area contributed by atoms with E-state index >= 15 is 0 Å². The van der Waals surface area contributed by atoms with Gasteiger partial charge in [0.2, 0.25) is 0 Å². The summed E-state index contributed by atoms with van der Waals surface area (Å²) in [6.07, 6.45) is 0. The van der Waals surface area contributed by atoms with Crippen molar-refractivity contribution in [3.8, 4) is 11.5 Å². The summed E-state index contributed by atoms with van der Waals surface area (Å²) in [6, 6.07) is 20.3. The molecule has 0 unspecified atom stereocenters. The molecule has 0 spiro atoms. The molecule has 148 valence electrons. The second kappa shape index (κ2) is 9.36. The number of methoxy groups -OCH3 is 1. The molecule has 7 heteroatoms. The van der Waals surface area contributed by atoms with Gasteiger partial charge in [-0.05, 0) is 24.3 Å². The van der Waals surface area contributed by atoms with E-state index in [1.165, 1.54) is 12.1 Å². The van der Waals surface area contributed by atoms with Gasteiger partial charge in [0, 0.05) is 23.7 Å². The fourth-order valence-electron chi connectivity index (χ4n) is 2.81. The fourth-order valence-corrected chi connectivity index (χ4v) is 2.81. The Hall–Kier alpha value is -3.87. The first-order valence-electron chi connectivity index (χ1n) is 8.98. The molecular formula is C22H20N2O5. The molecule has 3 aromatic carbocycles. The van der Waals surface area contributed by atoms with Crippen molar-refractivity contribution in [3.05, 3.63) is 94.0 Å². The van der Waals surface area contributed by atoms with Crippen LogP contribution in [0.2, 0.25) is 0 Å². The van der Waals surface area contributed by atoms with E-state index < -0.39 is 4.92 Å². The molecule has 0 aliphatic heterocycles. The highest BCUT2D eigenvalue weighted by molar-refractivity contribution is 6.09. The van der Waals surface area contributed by atoms with Gasteiger partial charge < -0.3 is 14.8 Å². The Kier molecular flexibility index (Phi) is 6.42. The number of hydrogen-bond acceptors (Lipinski definition) is 6. The van der Waals surface area contributed by atoms with Crippen LogP contribution in [-0.4, -0.2) is 31.0 Å². The Morgan fingerprint density at radius 1 is 0.966 bits per heavy atom. The smallest absolute Gasteiger partial charge is 0.293 e. The number of rotatable bonds is 9. The molecule has 0 amide bonds. The molecule has 29 heavy (non-hydrogen) atoms. The van der Waals surface area contributed by atoms with E-state index in [2.05, 4.69) is 5.32 Å². The average molecular weight is 392 g/mol. The number of anilines is 1. The van der Waals surface area contributed by atoms with Crippen molar-refractivity contribution in [3.63, 3.8) is 0 Å². The molecule has 0 saturated carbocycles. The van der Waals surface area contributed by atoms with Crippen LogP contribution in [0.25, 0.3) is 0 Å². The number of carbonyl (C=O) groups excluding carboxylic acids is 1. The molecule has 0 bridgehead atoms. The number of benzene rings is 3. The van der Waals surface area contributed by atoms with E-state index in [9.17, 15) is 14.9 Å². The van der Waals surface area contributed by atoms with E-state index in [0.29, 0.717) is 29.3 Å². The Morgan fingerprint density at radius 3 is 2.34 bits per heavy atom. The number of nitrogens with zero attached hydrogens (tertiary/aromatic N) is 1. The van der Waals surface area contributed by atoms with Gasteiger partial charge in [0.25, 0.3) is 5.69 Å². The van der Waals surface area contributed by atoms with Crippen molar-refractivity contribution in [2.45, 2.75) is 0 Å². The number of ketones is 1.